The lowest BCUT2D eigenvalue weighted by Gasteiger charge is -2.14. The Morgan fingerprint density at radius 3 is 2.68 bits per heavy atom. The molecule has 0 spiro atoms. The van der Waals surface area contributed by atoms with E-state index in [0.29, 0.717) is 20.9 Å². The van der Waals surface area contributed by atoms with E-state index in [4.69, 9.17) is 23.2 Å². The fourth-order valence-corrected chi connectivity index (χ4v) is 3.12. The summed E-state index contributed by atoms with van der Waals surface area (Å²) in [5.74, 6) is -0.160. The van der Waals surface area contributed by atoms with Gasteiger partial charge in [0.15, 0.2) is 5.16 Å². The maximum Gasteiger partial charge on any atom is 0.237 e. The number of hydrogen-bond acceptors (Lipinski definition) is 4. The molecule has 0 saturated heterocycles. The van der Waals surface area contributed by atoms with E-state index in [1.807, 2.05) is 25.3 Å². The minimum Gasteiger partial charge on any atom is -0.324 e. The molecular formula is C14H16Cl2N4OS. The summed E-state index contributed by atoms with van der Waals surface area (Å²) in [6.07, 6.45) is 1.66. The van der Waals surface area contributed by atoms with Gasteiger partial charge in [0.1, 0.15) is 6.33 Å². The van der Waals surface area contributed by atoms with Crippen LogP contribution in [0.2, 0.25) is 10.0 Å². The number of rotatable bonds is 5. The molecule has 1 N–H and O–H groups in total. The zero-order chi connectivity index (χ0) is 16.3. The van der Waals surface area contributed by atoms with Crippen molar-refractivity contribution in [3.63, 3.8) is 0 Å². The second-order valence-electron chi connectivity index (χ2n) is 4.99. The van der Waals surface area contributed by atoms with E-state index in [-0.39, 0.29) is 17.2 Å². The van der Waals surface area contributed by atoms with E-state index in [1.165, 1.54) is 11.8 Å². The Labute approximate surface area is 143 Å². The molecule has 0 fully saturated rings. The molecule has 1 amide bonds. The van der Waals surface area contributed by atoms with Crippen LogP contribution < -0.4 is 5.32 Å². The fourth-order valence-electron chi connectivity index (χ4n) is 1.71. The molecular weight excluding hydrogens is 343 g/mol. The van der Waals surface area contributed by atoms with Crippen molar-refractivity contribution >= 4 is 46.6 Å². The van der Waals surface area contributed by atoms with E-state index >= 15 is 0 Å². The van der Waals surface area contributed by atoms with E-state index in [0.717, 1.165) is 0 Å². The number of nitrogens with zero attached hydrogens (tertiary/aromatic N) is 3. The van der Waals surface area contributed by atoms with Crippen molar-refractivity contribution in [2.24, 2.45) is 0 Å². The van der Waals surface area contributed by atoms with Crippen molar-refractivity contribution in [2.45, 2.75) is 37.2 Å². The second kappa shape index (κ2) is 7.35. The van der Waals surface area contributed by atoms with Gasteiger partial charge in [-0.1, -0.05) is 35.0 Å². The van der Waals surface area contributed by atoms with Gasteiger partial charge in [-0.25, -0.2) is 0 Å². The largest absolute Gasteiger partial charge is 0.324 e. The first-order valence-corrected chi connectivity index (χ1v) is 8.34. The van der Waals surface area contributed by atoms with Crippen LogP contribution in [0.5, 0.6) is 0 Å². The molecule has 0 aliphatic rings. The normalized spacial score (nSPS) is 12.5. The first kappa shape index (κ1) is 17.1. The van der Waals surface area contributed by atoms with Crippen molar-refractivity contribution in [3.05, 3.63) is 34.6 Å². The zero-order valence-corrected chi connectivity index (χ0v) is 14.7. The number of nitrogens with one attached hydrogen (secondary N) is 1. The van der Waals surface area contributed by atoms with Crippen LogP contribution in [-0.2, 0) is 4.79 Å². The number of halogens is 2. The minimum absolute atomic E-state index is 0.160. The number of amides is 1. The van der Waals surface area contributed by atoms with Gasteiger partial charge in [-0.2, -0.15) is 0 Å². The lowest BCUT2D eigenvalue weighted by molar-refractivity contribution is -0.115. The van der Waals surface area contributed by atoms with Crippen LogP contribution in [0.4, 0.5) is 5.69 Å². The lowest BCUT2D eigenvalue weighted by Crippen LogP contribution is -2.23. The Balaban J connectivity index is 2.04. The SMILES string of the molecule is CC(C)n1cnnc1S[C@@H](C)C(=O)Nc1ccc(Cl)cc1Cl. The zero-order valence-electron chi connectivity index (χ0n) is 12.4. The molecule has 22 heavy (non-hydrogen) atoms. The van der Waals surface area contributed by atoms with Gasteiger partial charge < -0.3 is 9.88 Å². The van der Waals surface area contributed by atoms with Crippen molar-refractivity contribution in [3.8, 4) is 0 Å². The molecule has 0 aliphatic carbocycles. The topological polar surface area (TPSA) is 59.8 Å². The first-order chi connectivity index (χ1) is 10.4. The minimum atomic E-state index is -0.339. The average Bonchev–Trinajstić information content (AvgIpc) is 2.90. The van der Waals surface area contributed by atoms with Crippen LogP contribution >= 0.6 is 35.0 Å². The molecule has 1 aromatic carbocycles. The molecule has 2 aromatic rings. The van der Waals surface area contributed by atoms with Crippen molar-refractivity contribution in [2.75, 3.05) is 5.32 Å². The highest BCUT2D eigenvalue weighted by molar-refractivity contribution is 8.00. The van der Waals surface area contributed by atoms with E-state index in [1.54, 1.807) is 24.5 Å². The Bertz CT molecular complexity index is 675. The van der Waals surface area contributed by atoms with Crippen LogP contribution in [-0.4, -0.2) is 25.9 Å². The number of thioether (sulfide) groups is 1. The molecule has 1 heterocycles. The van der Waals surface area contributed by atoms with Crippen LogP contribution in [0.1, 0.15) is 26.8 Å². The van der Waals surface area contributed by atoms with Crippen LogP contribution in [0.15, 0.2) is 29.7 Å². The molecule has 0 unspecified atom stereocenters. The quantitative estimate of drug-likeness (QED) is 0.810. The van der Waals surface area contributed by atoms with Crippen LogP contribution in [0, 0.1) is 0 Å². The summed E-state index contributed by atoms with van der Waals surface area (Å²) >= 11 is 13.2. The average molecular weight is 359 g/mol. The Morgan fingerprint density at radius 2 is 2.05 bits per heavy atom. The monoisotopic (exact) mass is 358 g/mol. The first-order valence-electron chi connectivity index (χ1n) is 6.70. The number of benzene rings is 1. The summed E-state index contributed by atoms with van der Waals surface area (Å²) in [4.78, 5) is 12.3. The number of aromatic nitrogens is 3. The van der Waals surface area contributed by atoms with Crippen LogP contribution in [0.3, 0.4) is 0 Å². The maximum absolute atomic E-state index is 12.3. The Kier molecular flexibility index (Phi) is 5.72. The smallest absolute Gasteiger partial charge is 0.237 e. The van der Waals surface area contributed by atoms with Crippen molar-refractivity contribution in [1.29, 1.82) is 0 Å². The van der Waals surface area contributed by atoms with Gasteiger partial charge >= 0.3 is 0 Å². The summed E-state index contributed by atoms with van der Waals surface area (Å²) in [6, 6.07) is 5.18. The lowest BCUT2D eigenvalue weighted by atomic mass is 10.3. The van der Waals surface area contributed by atoms with E-state index < -0.39 is 0 Å². The highest BCUT2D eigenvalue weighted by Crippen LogP contribution is 2.28. The molecule has 1 aromatic heterocycles. The summed E-state index contributed by atoms with van der Waals surface area (Å²) in [5.41, 5.74) is 0.536. The van der Waals surface area contributed by atoms with Gasteiger partial charge in [0.25, 0.3) is 0 Å². The second-order valence-corrected chi connectivity index (χ2v) is 7.14. The third-order valence-electron chi connectivity index (χ3n) is 2.94. The van der Waals surface area contributed by atoms with E-state index in [2.05, 4.69) is 15.5 Å². The molecule has 0 saturated carbocycles. The van der Waals surface area contributed by atoms with Crippen molar-refractivity contribution < 1.29 is 4.79 Å². The molecule has 1 atom stereocenters. The molecule has 5 nitrogen and oxygen atoms in total. The van der Waals surface area contributed by atoms with Gasteiger partial charge in [0.05, 0.1) is 16.0 Å². The molecule has 0 bridgehead atoms. The van der Waals surface area contributed by atoms with Gasteiger partial charge in [0.2, 0.25) is 5.91 Å². The number of carbonyl (C=O) groups is 1. The van der Waals surface area contributed by atoms with Gasteiger partial charge in [-0.05, 0) is 39.0 Å². The van der Waals surface area contributed by atoms with Crippen LogP contribution in [0.25, 0.3) is 0 Å². The third-order valence-corrected chi connectivity index (χ3v) is 4.56. The fraction of sp³-hybridized carbons (Fsp3) is 0.357. The highest BCUT2D eigenvalue weighted by Gasteiger charge is 2.19. The Morgan fingerprint density at radius 1 is 1.32 bits per heavy atom. The molecule has 0 radical (unpaired) electrons. The third kappa shape index (κ3) is 4.15. The molecule has 8 heteroatoms. The Hall–Kier alpha value is -1.24. The number of hydrogen-bond donors (Lipinski definition) is 1. The van der Waals surface area contributed by atoms with Crippen molar-refractivity contribution in [1.82, 2.24) is 14.8 Å². The van der Waals surface area contributed by atoms with Gasteiger partial charge in [0, 0.05) is 11.1 Å². The summed E-state index contributed by atoms with van der Waals surface area (Å²) < 4.78 is 1.92. The highest BCUT2D eigenvalue weighted by atomic mass is 35.5. The predicted octanol–water partition coefficient (Wildman–Crippen LogP) is 4.29. The number of carbonyl (C=O) groups excluding carboxylic acids is 1. The number of anilines is 1. The maximum atomic E-state index is 12.3. The summed E-state index contributed by atoms with van der Waals surface area (Å²) in [6.45, 7) is 5.88. The standard InChI is InChI=1S/C14H16Cl2N4OS/c1-8(2)20-7-17-19-14(20)22-9(3)13(21)18-12-5-4-10(15)6-11(12)16/h4-9H,1-3H3,(H,18,21)/t9-/m0/s1. The molecule has 118 valence electrons. The van der Waals surface area contributed by atoms with E-state index in [9.17, 15) is 4.79 Å². The summed E-state index contributed by atoms with van der Waals surface area (Å²) in [7, 11) is 0. The van der Waals surface area contributed by atoms with Gasteiger partial charge in [-0.3, -0.25) is 4.79 Å². The molecule has 2 rings (SSSR count). The molecule has 0 aliphatic heterocycles. The van der Waals surface area contributed by atoms with Gasteiger partial charge in [-0.15, -0.1) is 10.2 Å². The summed E-state index contributed by atoms with van der Waals surface area (Å²) in [5, 5.41) is 12.0. The predicted molar refractivity (Wildman–Crippen MR) is 90.8 cm³/mol.